The second-order valence-electron chi connectivity index (χ2n) is 6.28. The molecule has 22 heavy (non-hydrogen) atoms. The number of urea groups is 1. The minimum Gasteiger partial charge on any atom is -0.491 e. The topological polar surface area (TPSA) is 70.6 Å². The highest BCUT2D eigenvalue weighted by atomic mass is 16.5. The molecule has 1 saturated carbocycles. The second kappa shape index (κ2) is 7.01. The molecule has 1 unspecified atom stereocenters. The van der Waals surface area contributed by atoms with Crippen molar-refractivity contribution in [1.82, 2.24) is 5.32 Å². The number of benzene rings is 1. The van der Waals surface area contributed by atoms with Crippen LogP contribution in [0, 0.1) is 12.8 Å². The smallest absolute Gasteiger partial charge is 0.319 e. The number of carbonyl (C=O) groups is 1. The van der Waals surface area contributed by atoms with Crippen LogP contribution in [0.3, 0.4) is 0 Å². The Morgan fingerprint density at radius 1 is 1.45 bits per heavy atom. The van der Waals surface area contributed by atoms with E-state index in [0.29, 0.717) is 24.0 Å². The highest BCUT2D eigenvalue weighted by Crippen LogP contribution is 2.39. The summed E-state index contributed by atoms with van der Waals surface area (Å²) >= 11 is 0. The number of hydrogen-bond donors (Lipinski definition) is 3. The summed E-state index contributed by atoms with van der Waals surface area (Å²) in [5, 5.41) is 15.3. The highest BCUT2D eigenvalue weighted by molar-refractivity contribution is 5.91. The molecular formula is C17H26N2O3. The number of rotatable bonds is 7. The summed E-state index contributed by atoms with van der Waals surface area (Å²) < 4.78 is 5.69. The lowest BCUT2D eigenvalue weighted by Gasteiger charge is -2.29. The van der Waals surface area contributed by atoms with E-state index in [2.05, 4.69) is 10.6 Å². The Hall–Kier alpha value is -1.75. The van der Waals surface area contributed by atoms with Crippen LogP contribution in [-0.2, 0) is 0 Å². The Morgan fingerprint density at radius 3 is 2.77 bits per heavy atom. The van der Waals surface area contributed by atoms with Crippen LogP contribution in [0.25, 0.3) is 0 Å². The maximum absolute atomic E-state index is 12.2. The van der Waals surface area contributed by atoms with Crippen LogP contribution in [-0.4, -0.2) is 29.9 Å². The first-order valence-electron chi connectivity index (χ1n) is 7.92. The number of ether oxygens (including phenoxy) is 1. The summed E-state index contributed by atoms with van der Waals surface area (Å²) in [6, 6.07) is 5.37. The molecule has 0 saturated heterocycles. The molecule has 0 spiro atoms. The van der Waals surface area contributed by atoms with Crippen LogP contribution >= 0.6 is 0 Å². The zero-order chi connectivity index (χ0) is 16.2. The van der Waals surface area contributed by atoms with Gasteiger partial charge in [0.2, 0.25) is 0 Å². The quantitative estimate of drug-likeness (QED) is 0.725. The predicted molar refractivity (Wildman–Crippen MR) is 87.3 cm³/mol. The van der Waals surface area contributed by atoms with Gasteiger partial charge >= 0.3 is 6.03 Å². The molecule has 5 nitrogen and oxygen atoms in total. The predicted octanol–water partition coefficient (Wildman–Crippen LogP) is 3.07. The Labute approximate surface area is 132 Å². The summed E-state index contributed by atoms with van der Waals surface area (Å²) in [6.07, 6.45) is 3.00. The zero-order valence-corrected chi connectivity index (χ0v) is 13.6. The average molecular weight is 306 g/mol. The molecule has 2 amide bonds. The van der Waals surface area contributed by atoms with Crippen LogP contribution in [0.4, 0.5) is 10.5 Å². The van der Waals surface area contributed by atoms with Crippen LogP contribution in [0.15, 0.2) is 18.2 Å². The van der Waals surface area contributed by atoms with Gasteiger partial charge in [-0.3, -0.25) is 0 Å². The summed E-state index contributed by atoms with van der Waals surface area (Å²) in [7, 11) is 0. The molecule has 1 fully saturated rings. The van der Waals surface area contributed by atoms with Gasteiger partial charge in [0.15, 0.2) is 0 Å². The molecule has 1 aromatic carbocycles. The summed E-state index contributed by atoms with van der Waals surface area (Å²) in [5.74, 6) is 1.03. The van der Waals surface area contributed by atoms with E-state index in [1.807, 2.05) is 39.0 Å². The van der Waals surface area contributed by atoms with E-state index in [0.717, 1.165) is 24.8 Å². The van der Waals surface area contributed by atoms with Crippen molar-refractivity contribution in [3.05, 3.63) is 23.8 Å². The maximum Gasteiger partial charge on any atom is 0.319 e. The number of anilines is 1. The van der Waals surface area contributed by atoms with Gasteiger partial charge in [0.1, 0.15) is 5.75 Å². The number of aryl methyl sites for hydroxylation is 1. The first kappa shape index (κ1) is 16.6. The number of aliphatic hydroxyl groups excluding tert-OH is 1. The molecule has 2 rings (SSSR count). The SMILES string of the molecule is CCCOc1cc(C)ccc1NC(=O)NC(C)(CO)C1CC1. The van der Waals surface area contributed by atoms with Gasteiger partial charge in [-0.25, -0.2) is 4.79 Å². The fraction of sp³-hybridized carbons (Fsp3) is 0.588. The van der Waals surface area contributed by atoms with Gasteiger partial charge in [-0.2, -0.15) is 0 Å². The third-order valence-corrected chi connectivity index (χ3v) is 4.05. The largest absolute Gasteiger partial charge is 0.491 e. The van der Waals surface area contributed by atoms with Gasteiger partial charge in [-0.15, -0.1) is 0 Å². The summed E-state index contributed by atoms with van der Waals surface area (Å²) in [5.41, 5.74) is 1.17. The molecule has 0 radical (unpaired) electrons. The Bertz CT molecular complexity index is 529. The van der Waals surface area contributed by atoms with Gasteiger partial charge in [-0.1, -0.05) is 13.0 Å². The molecule has 1 aliphatic carbocycles. The number of aliphatic hydroxyl groups is 1. The molecule has 3 N–H and O–H groups in total. The van der Waals surface area contributed by atoms with Crippen LogP contribution in [0.2, 0.25) is 0 Å². The number of nitrogens with one attached hydrogen (secondary N) is 2. The van der Waals surface area contributed by atoms with Crippen LogP contribution in [0.5, 0.6) is 5.75 Å². The Kier molecular flexibility index (Phi) is 5.29. The van der Waals surface area contributed by atoms with E-state index in [1.54, 1.807) is 0 Å². The van der Waals surface area contributed by atoms with E-state index in [4.69, 9.17) is 4.74 Å². The van der Waals surface area contributed by atoms with E-state index < -0.39 is 5.54 Å². The van der Waals surface area contributed by atoms with Gasteiger partial charge in [0.25, 0.3) is 0 Å². The van der Waals surface area contributed by atoms with Crippen molar-refractivity contribution >= 4 is 11.7 Å². The minimum atomic E-state index is -0.556. The second-order valence-corrected chi connectivity index (χ2v) is 6.28. The molecule has 1 aliphatic rings. The van der Waals surface area contributed by atoms with E-state index in [-0.39, 0.29) is 12.6 Å². The molecule has 122 valence electrons. The summed E-state index contributed by atoms with van der Waals surface area (Å²) in [4.78, 5) is 12.2. The van der Waals surface area contributed by atoms with Gasteiger partial charge in [0.05, 0.1) is 24.4 Å². The number of hydrogen-bond acceptors (Lipinski definition) is 3. The lowest BCUT2D eigenvalue weighted by molar-refractivity contribution is 0.159. The van der Waals surface area contributed by atoms with Crippen molar-refractivity contribution < 1.29 is 14.6 Å². The van der Waals surface area contributed by atoms with Crippen molar-refractivity contribution in [2.45, 2.75) is 45.6 Å². The van der Waals surface area contributed by atoms with Gasteiger partial charge < -0.3 is 20.5 Å². The number of amides is 2. The van der Waals surface area contributed by atoms with Crippen molar-refractivity contribution in [3.8, 4) is 5.75 Å². The molecule has 1 atom stereocenters. The molecule has 5 heteroatoms. The lowest BCUT2D eigenvalue weighted by Crippen LogP contribution is -2.52. The van der Waals surface area contributed by atoms with E-state index in [1.165, 1.54) is 0 Å². The first-order chi connectivity index (χ1) is 10.5. The molecule has 0 bridgehead atoms. The zero-order valence-electron chi connectivity index (χ0n) is 13.6. The van der Waals surface area contributed by atoms with E-state index in [9.17, 15) is 9.90 Å². The number of carbonyl (C=O) groups excluding carboxylic acids is 1. The summed E-state index contributed by atoms with van der Waals surface area (Å²) in [6.45, 7) is 6.46. The standard InChI is InChI=1S/C17H26N2O3/c1-4-9-22-15-10-12(2)5-8-14(15)18-16(21)19-17(3,11-20)13-6-7-13/h5,8,10,13,20H,4,6-7,9,11H2,1-3H3,(H2,18,19,21). The van der Waals surface area contributed by atoms with E-state index >= 15 is 0 Å². The third kappa shape index (κ3) is 4.13. The van der Waals surface area contributed by atoms with Crippen molar-refractivity contribution in [1.29, 1.82) is 0 Å². The fourth-order valence-corrected chi connectivity index (χ4v) is 2.47. The van der Waals surface area contributed by atoms with Gasteiger partial charge in [-0.05, 0) is 56.7 Å². The highest BCUT2D eigenvalue weighted by Gasteiger charge is 2.42. The molecular weight excluding hydrogens is 280 g/mol. The van der Waals surface area contributed by atoms with Crippen molar-refractivity contribution in [3.63, 3.8) is 0 Å². The lowest BCUT2D eigenvalue weighted by atomic mass is 9.97. The molecule has 0 heterocycles. The van der Waals surface area contributed by atoms with Crippen molar-refractivity contribution in [2.24, 2.45) is 5.92 Å². The monoisotopic (exact) mass is 306 g/mol. The molecule has 0 aliphatic heterocycles. The van der Waals surface area contributed by atoms with Crippen LogP contribution in [0.1, 0.15) is 38.7 Å². The van der Waals surface area contributed by atoms with Crippen LogP contribution < -0.4 is 15.4 Å². The Balaban J connectivity index is 2.04. The maximum atomic E-state index is 12.2. The van der Waals surface area contributed by atoms with Crippen molar-refractivity contribution in [2.75, 3.05) is 18.5 Å². The first-order valence-corrected chi connectivity index (χ1v) is 7.92. The third-order valence-electron chi connectivity index (χ3n) is 4.05. The normalized spacial score (nSPS) is 16.7. The van der Waals surface area contributed by atoms with Gasteiger partial charge in [0, 0.05) is 0 Å². The molecule has 0 aromatic heterocycles. The average Bonchev–Trinajstić information content (AvgIpc) is 3.32. The Morgan fingerprint density at radius 2 is 2.18 bits per heavy atom. The molecule has 1 aromatic rings. The fourth-order valence-electron chi connectivity index (χ4n) is 2.47. The minimum absolute atomic E-state index is 0.0574.